The summed E-state index contributed by atoms with van der Waals surface area (Å²) in [5.41, 5.74) is 4.06. The first-order valence-electron chi connectivity index (χ1n) is 10.6. The molecule has 1 N–H and O–H groups in total. The molecule has 6 heteroatoms. The predicted octanol–water partition coefficient (Wildman–Crippen LogP) is 2.74. The van der Waals surface area contributed by atoms with Crippen LogP contribution in [0.15, 0.2) is 24.3 Å². The molecule has 5 nitrogen and oxygen atoms in total. The van der Waals surface area contributed by atoms with E-state index in [1.54, 1.807) is 12.1 Å². The molecule has 1 aliphatic carbocycles. The van der Waals surface area contributed by atoms with Crippen LogP contribution in [-0.4, -0.2) is 57.6 Å². The highest BCUT2D eigenvalue weighted by atomic mass is 19.1. The molecule has 1 aromatic heterocycles. The van der Waals surface area contributed by atoms with Crippen LogP contribution in [-0.2, 0) is 12.8 Å². The van der Waals surface area contributed by atoms with Crippen LogP contribution in [0.25, 0.3) is 0 Å². The second-order valence-electron chi connectivity index (χ2n) is 8.85. The van der Waals surface area contributed by atoms with Gasteiger partial charge in [-0.25, -0.2) is 4.39 Å². The number of nitrogens with one attached hydrogen (secondary N) is 1. The maximum Gasteiger partial charge on any atom is 0.274 e. The number of aromatic amines is 1. The topological polar surface area (TPSA) is 52.2 Å². The van der Waals surface area contributed by atoms with Crippen LogP contribution in [0.4, 0.5) is 4.39 Å². The molecule has 0 radical (unpaired) electrons. The normalized spacial score (nSPS) is 33.2. The first-order valence-corrected chi connectivity index (χ1v) is 10.6. The molecule has 0 unspecified atom stereocenters. The van der Waals surface area contributed by atoms with Crippen molar-refractivity contribution in [3.63, 3.8) is 0 Å². The van der Waals surface area contributed by atoms with Gasteiger partial charge in [0.05, 0.1) is 6.04 Å². The monoisotopic (exact) mass is 380 g/mol. The van der Waals surface area contributed by atoms with Gasteiger partial charge >= 0.3 is 0 Å². The summed E-state index contributed by atoms with van der Waals surface area (Å²) in [6.07, 6.45) is 5.38. The summed E-state index contributed by atoms with van der Waals surface area (Å²) in [5.74, 6) is 0.692. The third-order valence-electron chi connectivity index (χ3n) is 7.56. The van der Waals surface area contributed by atoms with E-state index in [2.05, 4.69) is 20.0 Å². The van der Waals surface area contributed by atoms with E-state index in [4.69, 9.17) is 0 Å². The first-order chi connectivity index (χ1) is 13.7. The Morgan fingerprint density at radius 2 is 1.89 bits per heavy atom. The molecule has 146 valence electrons. The van der Waals surface area contributed by atoms with Crippen LogP contribution in [0.5, 0.6) is 0 Å². The lowest BCUT2D eigenvalue weighted by molar-refractivity contribution is -0.00361. The van der Waals surface area contributed by atoms with Crippen LogP contribution >= 0.6 is 0 Å². The van der Waals surface area contributed by atoms with E-state index in [1.807, 2.05) is 12.1 Å². The van der Waals surface area contributed by atoms with Gasteiger partial charge in [-0.3, -0.25) is 14.8 Å². The quantitative estimate of drug-likeness (QED) is 0.872. The molecule has 2 aromatic rings. The highest BCUT2D eigenvalue weighted by Crippen LogP contribution is 2.47. The minimum absolute atomic E-state index is 0.0905. The second kappa shape index (κ2) is 6.14. The molecule has 4 fully saturated rings. The Morgan fingerprint density at radius 1 is 1.11 bits per heavy atom. The zero-order valence-electron chi connectivity index (χ0n) is 15.9. The highest BCUT2D eigenvalue weighted by Gasteiger charge is 2.55. The fourth-order valence-electron chi connectivity index (χ4n) is 6.29. The number of halogens is 1. The fourth-order valence-corrected chi connectivity index (χ4v) is 6.29. The van der Waals surface area contributed by atoms with Gasteiger partial charge in [0.1, 0.15) is 5.82 Å². The predicted molar refractivity (Wildman–Crippen MR) is 103 cm³/mol. The van der Waals surface area contributed by atoms with Gasteiger partial charge in [-0.15, -0.1) is 0 Å². The molecule has 3 atom stereocenters. The lowest BCUT2D eigenvalue weighted by Crippen LogP contribution is -2.60. The van der Waals surface area contributed by atoms with E-state index in [1.165, 1.54) is 12.8 Å². The number of fused-ring (bicyclic) bond motifs is 3. The number of nitrogens with zero attached hydrogens (tertiary/aromatic N) is 3. The van der Waals surface area contributed by atoms with Crippen molar-refractivity contribution in [2.45, 2.75) is 50.1 Å². The van der Waals surface area contributed by atoms with Gasteiger partial charge in [0, 0.05) is 29.8 Å². The van der Waals surface area contributed by atoms with E-state index >= 15 is 0 Å². The molecule has 7 rings (SSSR count). The minimum Gasteiger partial charge on any atom is -0.332 e. The summed E-state index contributed by atoms with van der Waals surface area (Å²) < 4.78 is 13.5. The number of benzene rings is 1. The van der Waals surface area contributed by atoms with Gasteiger partial charge in [0.25, 0.3) is 5.91 Å². The number of H-pyrrole nitrogens is 1. The number of aryl methyl sites for hydroxylation is 1. The van der Waals surface area contributed by atoms with Gasteiger partial charge in [0.15, 0.2) is 5.69 Å². The van der Waals surface area contributed by atoms with E-state index in [0.29, 0.717) is 24.2 Å². The molecular formula is C22H25FN4O. The summed E-state index contributed by atoms with van der Waals surface area (Å²) in [7, 11) is 0. The maximum absolute atomic E-state index is 13.6. The fraction of sp³-hybridized carbons (Fsp3) is 0.545. The number of rotatable bonds is 2. The Hall–Kier alpha value is -2.21. The molecule has 5 aliphatic rings. The van der Waals surface area contributed by atoms with Crippen molar-refractivity contribution in [1.29, 1.82) is 0 Å². The number of aromatic nitrogens is 2. The molecule has 5 heterocycles. The second-order valence-corrected chi connectivity index (χ2v) is 8.85. The largest absolute Gasteiger partial charge is 0.332 e. The lowest BCUT2D eigenvalue weighted by atomic mass is 9.75. The SMILES string of the molecule is O=C(c1n[nH]c2c1CCC2)N1C[C@@H](c2ccc(F)cc2)[C@@H]2[C@H]1C1CCN2CC1. The third-order valence-corrected chi connectivity index (χ3v) is 7.56. The van der Waals surface area contributed by atoms with Crippen molar-refractivity contribution in [3.8, 4) is 0 Å². The number of carbonyl (C=O) groups excluding carboxylic acids is 1. The maximum atomic E-state index is 13.6. The summed E-state index contributed by atoms with van der Waals surface area (Å²) in [6.45, 7) is 2.93. The molecule has 28 heavy (non-hydrogen) atoms. The van der Waals surface area contributed by atoms with Crippen molar-refractivity contribution < 1.29 is 9.18 Å². The van der Waals surface area contributed by atoms with E-state index < -0.39 is 0 Å². The van der Waals surface area contributed by atoms with Crippen LogP contribution in [0.2, 0.25) is 0 Å². The molecule has 4 aliphatic heterocycles. The van der Waals surface area contributed by atoms with Gasteiger partial charge in [-0.05, 0) is 68.8 Å². The van der Waals surface area contributed by atoms with Crippen molar-refractivity contribution in [2.24, 2.45) is 5.92 Å². The van der Waals surface area contributed by atoms with Crippen LogP contribution in [0.3, 0.4) is 0 Å². The molecule has 4 saturated heterocycles. The summed E-state index contributed by atoms with van der Waals surface area (Å²) in [6, 6.07) is 7.49. The van der Waals surface area contributed by atoms with Gasteiger partial charge in [-0.1, -0.05) is 12.1 Å². The van der Waals surface area contributed by atoms with E-state index in [-0.39, 0.29) is 23.7 Å². The lowest BCUT2D eigenvalue weighted by Gasteiger charge is -2.51. The average Bonchev–Trinajstić information content (AvgIpc) is 3.44. The summed E-state index contributed by atoms with van der Waals surface area (Å²) in [4.78, 5) is 18.3. The Balaban J connectivity index is 1.38. The number of piperidine rings is 3. The summed E-state index contributed by atoms with van der Waals surface area (Å²) in [5, 5.41) is 7.51. The zero-order valence-corrected chi connectivity index (χ0v) is 15.9. The van der Waals surface area contributed by atoms with Crippen LogP contribution in [0, 0.1) is 11.7 Å². The Kier molecular flexibility index (Phi) is 3.67. The Labute approximate surface area is 163 Å². The molecule has 1 amide bonds. The number of amides is 1. The Bertz CT molecular complexity index is 915. The van der Waals surface area contributed by atoms with Crippen molar-refractivity contribution in [3.05, 3.63) is 52.6 Å². The zero-order chi connectivity index (χ0) is 18.8. The van der Waals surface area contributed by atoms with Crippen molar-refractivity contribution in [2.75, 3.05) is 19.6 Å². The standard InChI is InChI=1S/C22H25FN4O/c23-15-6-4-13(5-7-15)17-12-27(20-14-8-10-26(11-9-14)21(17)20)22(28)19-16-2-1-3-18(16)24-25-19/h4-7,14,17,20-21H,1-3,8-12H2,(H,24,25)/t17-,20+,21+/m0/s1. The third kappa shape index (κ3) is 2.33. The minimum atomic E-state index is -0.205. The van der Waals surface area contributed by atoms with Crippen molar-refractivity contribution >= 4 is 5.91 Å². The molecule has 0 spiro atoms. The summed E-state index contributed by atoms with van der Waals surface area (Å²) >= 11 is 0. The molecular weight excluding hydrogens is 355 g/mol. The average molecular weight is 380 g/mol. The highest BCUT2D eigenvalue weighted by molar-refractivity contribution is 5.95. The number of carbonyl (C=O) groups is 1. The van der Waals surface area contributed by atoms with E-state index in [9.17, 15) is 9.18 Å². The Morgan fingerprint density at radius 3 is 2.68 bits per heavy atom. The number of hydrogen-bond acceptors (Lipinski definition) is 3. The molecule has 1 aromatic carbocycles. The van der Waals surface area contributed by atoms with E-state index in [0.717, 1.165) is 49.2 Å². The molecule has 0 saturated carbocycles. The van der Waals surface area contributed by atoms with Gasteiger partial charge < -0.3 is 4.90 Å². The van der Waals surface area contributed by atoms with Crippen LogP contribution < -0.4 is 0 Å². The first kappa shape index (κ1) is 16.7. The number of likely N-dealkylation sites (tertiary alicyclic amines) is 1. The van der Waals surface area contributed by atoms with Crippen LogP contribution in [0.1, 0.15) is 52.5 Å². The smallest absolute Gasteiger partial charge is 0.274 e. The number of hydrogen-bond donors (Lipinski definition) is 1. The van der Waals surface area contributed by atoms with Gasteiger partial charge in [0.2, 0.25) is 0 Å². The van der Waals surface area contributed by atoms with Gasteiger partial charge in [-0.2, -0.15) is 5.10 Å². The molecule has 2 bridgehead atoms. The van der Waals surface area contributed by atoms with Crippen molar-refractivity contribution in [1.82, 2.24) is 20.0 Å².